The van der Waals surface area contributed by atoms with Crippen LogP contribution in [-0.2, 0) is 32.3 Å². The van der Waals surface area contributed by atoms with Crippen LogP contribution >= 0.6 is 0 Å². The summed E-state index contributed by atoms with van der Waals surface area (Å²) in [6.07, 6.45) is -4.50. The molecule has 0 fully saturated rings. The number of alkyl halides is 3. The highest BCUT2D eigenvalue weighted by molar-refractivity contribution is 7.89. The Balaban J connectivity index is 1.91. The summed E-state index contributed by atoms with van der Waals surface area (Å²) in [7, 11) is -3.83. The molecule has 0 aliphatic heterocycles. The number of rotatable bonds is 4. The number of amides is 2. The first kappa shape index (κ1) is 20.4. The second-order valence-corrected chi connectivity index (χ2v) is 6.96. The predicted molar refractivity (Wildman–Crippen MR) is 89.7 cm³/mol. The molecule has 0 saturated heterocycles. The van der Waals surface area contributed by atoms with Crippen molar-refractivity contribution in [3.8, 4) is 0 Å². The van der Waals surface area contributed by atoms with Gasteiger partial charge in [-0.05, 0) is 42.0 Å². The van der Waals surface area contributed by atoms with Crippen molar-refractivity contribution < 1.29 is 31.2 Å². The first-order valence-corrected chi connectivity index (χ1v) is 8.89. The number of hydrogen-bond acceptors (Lipinski definition) is 4. The van der Waals surface area contributed by atoms with E-state index in [1.54, 1.807) is 0 Å². The Labute approximate surface area is 152 Å². The summed E-state index contributed by atoms with van der Waals surface area (Å²) in [6.45, 7) is -0.0653. The fourth-order valence-electron chi connectivity index (χ4n) is 1.99. The van der Waals surface area contributed by atoms with Crippen molar-refractivity contribution >= 4 is 27.5 Å². The fraction of sp³-hybridized carbons (Fsp3) is 0.125. The zero-order valence-corrected chi connectivity index (χ0v) is 14.4. The molecular formula is C16H14F3N3O4S. The Hall–Kier alpha value is -2.92. The Kier molecular flexibility index (Phi) is 5.86. The number of hydrogen-bond donors (Lipinski definition) is 3. The van der Waals surface area contributed by atoms with Crippen molar-refractivity contribution in [2.45, 2.75) is 17.6 Å². The van der Waals surface area contributed by atoms with Crippen LogP contribution in [0.15, 0.2) is 53.4 Å². The molecule has 144 valence electrons. The van der Waals surface area contributed by atoms with E-state index in [0.29, 0.717) is 5.56 Å². The molecule has 0 aliphatic rings. The number of nitrogens with two attached hydrogens (primary N) is 1. The number of halogens is 3. The second kappa shape index (κ2) is 7.76. The average Bonchev–Trinajstić information content (AvgIpc) is 2.59. The van der Waals surface area contributed by atoms with E-state index in [0.717, 1.165) is 24.3 Å². The van der Waals surface area contributed by atoms with E-state index in [4.69, 9.17) is 5.14 Å². The molecule has 2 aromatic carbocycles. The minimum atomic E-state index is -4.50. The molecule has 11 heteroatoms. The van der Waals surface area contributed by atoms with E-state index in [-0.39, 0.29) is 17.1 Å². The molecule has 0 saturated carbocycles. The van der Waals surface area contributed by atoms with Gasteiger partial charge in [-0.2, -0.15) is 13.2 Å². The lowest BCUT2D eigenvalue weighted by molar-refractivity contribution is -0.137. The monoisotopic (exact) mass is 401 g/mol. The van der Waals surface area contributed by atoms with Gasteiger partial charge in [0.15, 0.2) is 0 Å². The maximum absolute atomic E-state index is 12.5. The number of benzene rings is 2. The van der Waals surface area contributed by atoms with Crippen LogP contribution in [-0.4, -0.2) is 20.2 Å². The number of anilines is 1. The molecule has 0 spiro atoms. The lowest BCUT2D eigenvalue weighted by Crippen LogP contribution is -2.34. The summed E-state index contributed by atoms with van der Waals surface area (Å²) < 4.78 is 59.7. The third kappa shape index (κ3) is 5.79. The van der Waals surface area contributed by atoms with Crippen molar-refractivity contribution in [3.63, 3.8) is 0 Å². The first-order chi connectivity index (χ1) is 12.5. The molecule has 0 aromatic heterocycles. The maximum atomic E-state index is 12.5. The van der Waals surface area contributed by atoms with E-state index in [1.807, 2.05) is 0 Å². The third-order valence-corrected chi connectivity index (χ3v) is 4.31. The number of nitrogens with one attached hydrogen (secondary N) is 2. The topological polar surface area (TPSA) is 118 Å². The van der Waals surface area contributed by atoms with Gasteiger partial charge in [0, 0.05) is 12.2 Å². The number of sulfonamides is 1. The van der Waals surface area contributed by atoms with Crippen molar-refractivity contribution in [2.75, 3.05) is 5.32 Å². The predicted octanol–water partition coefficient (Wildman–Crippen LogP) is 1.61. The Morgan fingerprint density at radius 3 is 1.96 bits per heavy atom. The second-order valence-electron chi connectivity index (χ2n) is 5.40. The molecule has 4 N–H and O–H groups in total. The summed E-state index contributed by atoms with van der Waals surface area (Å²) in [5.74, 6) is -2.07. The lowest BCUT2D eigenvalue weighted by Gasteiger charge is -2.09. The van der Waals surface area contributed by atoms with Gasteiger partial charge in [-0.1, -0.05) is 12.1 Å². The van der Waals surface area contributed by atoms with Gasteiger partial charge >= 0.3 is 18.0 Å². The zero-order chi connectivity index (χ0) is 20.2. The minimum Gasteiger partial charge on any atom is -0.344 e. The molecule has 2 rings (SSSR count). The summed E-state index contributed by atoms with van der Waals surface area (Å²) >= 11 is 0. The molecule has 2 amide bonds. The molecule has 7 nitrogen and oxygen atoms in total. The lowest BCUT2D eigenvalue weighted by atomic mass is 10.2. The molecular weight excluding hydrogens is 387 g/mol. The number of carbonyl (C=O) groups is 2. The molecule has 2 aromatic rings. The summed E-state index contributed by atoms with van der Waals surface area (Å²) in [4.78, 5) is 23.4. The number of primary sulfonamides is 1. The number of carbonyl (C=O) groups excluding carboxylic acids is 2. The molecule has 0 bridgehead atoms. The zero-order valence-electron chi connectivity index (χ0n) is 13.6. The highest BCUT2D eigenvalue weighted by Gasteiger charge is 2.30. The largest absolute Gasteiger partial charge is 0.416 e. The molecule has 0 atom stereocenters. The van der Waals surface area contributed by atoms with Gasteiger partial charge in [0.1, 0.15) is 0 Å². The van der Waals surface area contributed by atoms with Gasteiger partial charge < -0.3 is 10.6 Å². The summed E-state index contributed by atoms with van der Waals surface area (Å²) in [6, 6.07) is 8.93. The van der Waals surface area contributed by atoms with Crippen molar-refractivity contribution in [3.05, 3.63) is 59.7 Å². The summed E-state index contributed by atoms with van der Waals surface area (Å²) in [5, 5.41) is 9.43. The van der Waals surface area contributed by atoms with Crippen molar-refractivity contribution in [2.24, 2.45) is 5.14 Å². The van der Waals surface area contributed by atoms with Crippen LogP contribution in [0, 0.1) is 0 Å². The van der Waals surface area contributed by atoms with Crippen LogP contribution in [0.3, 0.4) is 0 Å². The highest BCUT2D eigenvalue weighted by atomic mass is 32.2. The van der Waals surface area contributed by atoms with E-state index in [1.165, 1.54) is 24.3 Å². The minimum absolute atomic E-state index is 0.0284. The van der Waals surface area contributed by atoms with E-state index < -0.39 is 33.6 Å². The van der Waals surface area contributed by atoms with Crippen LogP contribution in [0.25, 0.3) is 0 Å². The molecule has 0 unspecified atom stereocenters. The molecule has 0 aliphatic carbocycles. The summed E-state index contributed by atoms with van der Waals surface area (Å²) in [5.41, 5.74) is -0.341. The maximum Gasteiger partial charge on any atom is 0.416 e. The van der Waals surface area contributed by atoms with Crippen LogP contribution in [0.1, 0.15) is 11.1 Å². The quantitative estimate of drug-likeness (QED) is 0.675. The third-order valence-electron chi connectivity index (χ3n) is 3.38. The Bertz CT molecular complexity index is 940. The normalized spacial score (nSPS) is 11.7. The van der Waals surface area contributed by atoms with Crippen molar-refractivity contribution in [1.82, 2.24) is 5.32 Å². The Morgan fingerprint density at radius 1 is 0.926 bits per heavy atom. The SMILES string of the molecule is NS(=O)(=O)c1ccc(CNC(=O)C(=O)Nc2ccc(C(F)(F)F)cc2)cc1. The van der Waals surface area contributed by atoms with Gasteiger partial charge in [-0.3, -0.25) is 9.59 Å². The average molecular weight is 401 g/mol. The molecule has 0 heterocycles. The van der Waals surface area contributed by atoms with Crippen LogP contribution < -0.4 is 15.8 Å². The van der Waals surface area contributed by atoms with Gasteiger partial charge in [-0.25, -0.2) is 13.6 Å². The highest BCUT2D eigenvalue weighted by Crippen LogP contribution is 2.29. The molecule has 27 heavy (non-hydrogen) atoms. The van der Waals surface area contributed by atoms with E-state index in [9.17, 15) is 31.2 Å². The fourth-order valence-corrected chi connectivity index (χ4v) is 2.51. The smallest absolute Gasteiger partial charge is 0.344 e. The van der Waals surface area contributed by atoms with Gasteiger partial charge in [0.25, 0.3) is 0 Å². The van der Waals surface area contributed by atoms with Gasteiger partial charge in [0.05, 0.1) is 10.5 Å². The van der Waals surface area contributed by atoms with Crippen molar-refractivity contribution in [1.29, 1.82) is 0 Å². The van der Waals surface area contributed by atoms with E-state index in [2.05, 4.69) is 10.6 Å². The Morgan fingerprint density at radius 2 is 1.48 bits per heavy atom. The standard InChI is InChI=1S/C16H14F3N3O4S/c17-16(18,19)11-3-5-12(6-4-11)22-15(24)14(23)21-9-10-1-7-13(8-2-10)27(20,25)26/h1-8H,9H2,(H,21,23)(H,22,24)(H2,20,25,26). The first-order valence-electron chi connectivity index (χ1n) is 7.35. The van der Waals surface area contributed by atoms with Crippen LogP contribution in [0.5, 0.6) is 0 Å². The van der Waals surface area contributed by atoms with Crippen LogP contribution in [0.4, 0.5) is 18.9 Å². The van der Waals surface area contributed by atoms with Crippen LogP contribution in [0.2, 0.25) is 0 Å². The van der Waals surface area contributed by atoms with Gasteiger partial charge in [-0.15, -0.1) is 0 Å². The van der Waals surface area contributed by atoms with Gasteiger partial charge in [0.2, 0.25) is 10.0 Å². The molecule has 0 radical (unpaired) electrons. The van der Waals surface area contributed by atoms with E-state index >= 15 is 0 Å².